The molecule has 1 aromatic heterocycles. The van der Waals surface area contributed by atoms with Gasteiger partial charge < -0.3 is 15.8 Å². The van der Waals surface area contributed by atoms with E-state index < -0.39 is 23.1 Å². The zero-order valence-electron chi connectivity index (χ0n) is 11.3. The summed E-state index contributed by atoms with van der Waals surface area (Å²) in [6.45, 7) is 2.33. The van der Waals surface area contributed by atoms with Gasteiger partial charge in [-0.05, 0) is 18.6 Å². The molecule has 0 unspecified atom stereocenters. The summed E-state index contributed by atoms with van der Waals surface area (Å²) < 4.78 is 45.3. The number of aromatic nitrogens is 1. The molecule has 0 aliphatic carbocycles. The smallest absolute Gasteiger partial charge is 0.239 e. The Morgan fingerprint density at radius 1 is 1.19 bits per heavy atom. The van der Waals surface area contributed by atoms with Crippen LogP contribution in [0.3, 0.4) is 0 Å². The number of nitrogens with two attached hydrogens (primary N) is 1. The van der Waals surface area contributed by atoms with Crippen LogP contribution in [0.5, 0.6) is 5.88 Å². The van der Waals surface area contributed by atoms with Crippen molar-refractivity contribution in [2.24, 2.45) is 0 Å². The zero-order valence-corrected chi connectivity index (χ0v) is 11.3. The predicted octanol–water partition coefficient (Wildman–Crippen LogP) is 3.61. The molecular weight excluding hydrogens is 283 g/mol. The first kappa shape index (κ1) is 15.0. The van der Waals surface area contributed by atoms with E-state index in [0.29, 0.717) is 24.4 Å². The van der Waals surface area contributed by atoms with Crippen LogP contribution in [-0.2, 0) is 0 Å². The van der Waals surface area contributed by atoms with Gasteiger partial charge >= 0.3 is 0 Å². The summed E-state index contributed by atoms with van der Waals surface area (Å²) in [5, 5.41) is 2.45. The van der Waals surface area contributed by atoms with E-state index >= 15 is 0 Å². The van der Waals surface area contributed by atoms with Gasteiger partial charge in [0.15, 0.2) is 11.6 Å². The molecular formula is C14H14F3N3O. The summed E-state index contributed by atoms with van der Waals surface area (Å²) in [5.41, 5.74) is 5.51. The van der Waals surface area contributed by atoms with Crippen LogP contribution in [0.4, 0.5) is 30.4 Å². The fourth-order valence-corrected chi connectivity index (χ4v) is 1.62. The lowest BCUT2D eigenvalue weighted by molar-refractivity contribution is 0.307. The minimum Gasteiger partial charge on any atom is -0.476 e. The summed E-state index contributed by atoms with van der Waals surface area (Å²) in [4.78, 5) is 4.02. The molecule has 0 radical (unpaired) electrons. The van der Waals surface area contributed by atoms with Crippen LogP contribution in [0.15, 0.2) is 24.3 Å². The average Bonchev–Trinajstić information content (AvgIpc) is 2.43. The van der Waals surface area contributed by atoms with Gasteiger partial charge in [-0.2, -0.15) is 4.98 Å². The number of hydrogen-bond donors (Lipinski definition) is 2. The summed E-state index contributed by atoms with van der Waals surface area (Å²) >= 11 is 0. The van der Waals surface area contributed by atoms with E-state index in [1.165, 1.54) is 12.1 Å². The number of benzene rings is 1. The molecule has 0 bridgehead atoms. The lowest BCUT2D eigenvalue weighted by Gasteiger charge is -2.11. The van der Waals surface area contributed by atoms with Crippen molar-refractivity contribution in [3.63, 3.8) is 0 Å². The number of hydrogen-bond acceptors (Lipinski definition) is 4. The fraction of sp³-hybridized carbons (Fsp3) is 0.214. The molecule has 21 heavy (non-hydrogen) atoms. The molecule has 2 aromatic rings. The van der Waals surface area contributed by atoms with E-state index in [0.717, 1.165) is 6.42 Å². The third kappa shape index (κ3) is 3.56. The minimum absolute atomic E-state index is 0.139. The lowest BCUT2D eigenvalue weighted by Crippen LogP contribution is -2.05. The monoisotopic (exact) mass is 297 g/mol. The third-order valence-corrected chi connectivity index (χ3v) is 2.59. The second-order valence-electron chi connectivity index (χ2n) is 4.31. The lowest BCUT2D eigenvalue weighted by atomic mass is 10.2. The molecule has 1 heterocycles. The first-order valence-corrected chi connectivity index (χ1v) is 6.32. The molecule has 0 atom stereocenters. The Morgan fingerprint density at radius 2 is 1.86 bits per heavy atom. The van der Waals surface area contributed by atoms with Gasteiger partial charge in [-0.25, -0.2) is 13.2 Å². The Balaban J connectivity index is 2.28. The van der Waals surface area contributed by atoms with Crippen molar-refractivity contribution < 1.29 is 17.9 Å². The summed E-state index contributed by atoms with van der Waals surface area (Å²) in [6.07, 6.45) is 0.764. The van der Waals surface area contributed by atoms with Gasteiger partial charge in [-0.15, -0.1) is 0 Å². The molecule has 0 saturated heterocycles. The second-order valence-corrected chi connectivity index (χ2v) is 4.31. The summed E-state index contributed by atoms with van der Waals surface area (Å²) in [5.74, 6) is -2.79. The first-order chi connectivity index (χ1) is 10.0. The Morgan fingerprint density at radius 3 is 2.48 bits per heavy atom. The van der Waals surface area contributed by atoms with E-state index in [2.05, 4.69) is 10.3 Å². The number of rotatable bonds is 5. The zero-order chi connectivity index (χ0) is 15.4. The highest BCUT2D eigenvalue weighted by Gasteiger charge is 2.13. The number of halogens is 3. The van der Waals surface area contributed by atoms with Crippen LogP contribution >= 0.6 is 0 Å². The Labute approximate surface area is 119 Å². The van der Waals surface area contributed by atoms with E-state index in [1.807, 2.05) is 6.92 Å². The van der Waals surface area contributed by atoms with Crippen LogP contribution in [-0.4, -0.2) is 11.6 Å². The molecule has 0 aliphatic heterocycles. The van der Waals surface area contributed by atoms with Crippen molar-refractivity contribution in [1.82, 2.24) is 4.98 Å². The van der Waals surface area contributed by atoms with Crippen molar-refractivity contribution >= 4 is 17.2 Å². The van der Waals surface area contributed by atoms with Gasteiger partial charge in [0.25, 0.3) is 0 Å². The highest BCUT2D eigenvalue weighted by molar-refractivity contribution is 5.61. The number of nitrogens with one attached hydrogen (secondary N) is 1. The molecule has 1 aromatic carbocycles. The quantitative estimate of drug-likeness (QED) is 0.885. The Hall–Kier alpha value is -2.44. The highest BCUT2D eigenvalue weighted by atomic mass is 19.1. The van der Waals surface area contributed by atoms with Crippen molar-refractivity contribution in [2.45, 2.75) is 13.3 Å². The predicted molar refractivity (Wildman–Crippen MR) is 74.0 cm³/mol. The molecule has 112 valence electrons. The average molecular weight is 297 g/mol. The third-order valence-electron chi connectivity index (χ3n) is 2.59. The van der Waals surface area contributed by atoms with Gasteiger partial charge in [0, 0.05) is 12.1 Å². The van der Waals surface area contributed by atoms with Gasteiger partial charge in [0.2, 0.25) is 5.88 Å². The highest BCUT2D eigenvalue weighted by Crippen LogP contribution is 2.26. The molecule has 0 saturated carbocycles. The standard InChI is InChI=1S/C14H14F3N3O/c1-2-5-21-14-11(18)3-4-12(20-14)19-13-9(16)6-8(15)7-10(13)17/h3-4,6-7H,2,5,18H2,1H3,(H,19,20). The maximum absolute atomic E-state index is 13.6. The number of anilines is 3. The number of nitrogens with zero attached hydrogens (tertiary/aromatic N) is 1. The molecule has 3 N–H and O–H groups in total. The minimum atomic E-state index is -1.05. The summed E-state index contributed by atoms with van der Waals surface area (Å²) in [6, 6.07) is 4.10. The van der Waals surface area contributed by atoms with Gasteiger partial charge in [-0.1, -0.05) is 6.92 Å². The molecule has 0 aliphatic rings. The van der Waals surface area contributed by atoms with E-state index in [9.17, 15) is 13.2 Å². The molecule has 0 fully saturated rings. The van der Waals surface area contributed by atoms with Gasteiger partial charge in [-0.3, -0.25) is 0 Å². The van der Waals surface area contributed by atoms with E-state index in [1.54, 1.807) is 0 Å². The van der Waals surface area contributed by atoms with Crippen LogP contribution in [0.25, 0.3) is 0 Å². The molecule has 7 heteroatoms. The summed E-state index contributed by atoms with van der Waals surface area (Å²) in [7, 11) is 0. The normalized spacial score (nSPS) is 10.5. The number of nitrogen functional groups attached to an aromatic ring is 1. The topological polar surface area (TPSA) is 60.2 Å². The second kappa shape index (κ2) is 6.34. The van der Waals surface area contributed by atoms with Crippen molar-refractivity contribution in [1.29, 1.82) is 0 Å². The van der Waals surface area contributed by atoms with Crippen LogP contribution in [0, 0.1) is 17.5 Å². The molecule has 2 rings (SSSR count). The van der Waals surface area contributed by atoms with E-state index in [4.69, 9.17) is 10.5 Å². The molecule has 4 nitrogen and oxygen atoms in total. The molecule has 0 spiro atoms. The Kier molecular flexibility index (Phi) is 4.52. The fourth-order valence-electron chi connectivity index (χ4n) is 1.62. The number of ether oxygens (including phenoxy) is 1. The van der Waals surface area contributed by atoms with Crippen molar-refractivity contribution in [3.05, 3.63) is 41.7 Å². The van der Waals surface area contributed by atoms with E-state index in [-0.39, 0.29) is 11.7 Å². The van der Waals surface area contributed by atoms with Crippen LogP contribution in [0.2, 0.25) is 0 Å². The SMILES string of the molecule is CCCOc1nc(Nc2c(F)cc(F)cc2F)ccc1N. The number of pyridine rings is 1. The van der Waals surface area contributed by atoms with Crippen LogP contribution < -0.4 is 15.8 Å². The van der Waals surface area contributed by atoms with Gasteiger partial charge in [0.05, 0.1) is 12.3 Å². The first-order valence-electron chi connectivity index (χ1n) is 6.32. The van der Waals surface area contributed by atoms with Crippen molar-refractivity contribution in [3.8, 4) is 5.88 Å². The maximum Gasteiger partial charge on any atom is 0.239 e. The molecule has 0 amide bonds. The van der Waals surface area contributed by atoms with Gasteiger partial charge in [0.1, 0.15) is 17.3 Å². The maximum atomic E-state index is 13.6. The Bertz CT molecular complexity index is 626. The van der Waals surface area contributed by atoms with Crippen LogP contribution in [0.1, 0.15) is 13.3 Å². The van der Waals surface area contributed by atoms with Crippen molar-refractivity contribution in [2.75, 3.05) is 17.7 Å². The largest absolute Gasteiger partial charge is 0.476 e.